The molecule has 0 bridgehead atoms. The molecule has 0 amide bonds. The summed E-state index contributed by atoms with van der Waals surface area (Å²) in [6.45, 7) is 8.33. The fourth-order valence-corrected chi connectivity index (χ4v) is 4.80. The Bertz CT molecular complexity index is 976. The molecule has 1 aliphatic heterocycles. The molecule has 3 rings (SSSR count). The highest BCUT2D eigenvalue weighted by molar-refractivity contribution is 9.10. The minimum atomic E-state index is -0.597. The first-order valence-electron chi connectivity index (χ1n) is 10.6. The first kappa shape index (κ1) is 23.4. The molecule has 0 spiro atoms. The molecule has 2 aliphatic rings. The van der Waals surface area contributed by atoms with E-state index in [1.54, 1.807) is 12.1 Å². The van der Waals surface area contributed by atoms with Crippen LogP contribution in [0.1, 0.15) is 64.9 Å². The summed E-state index contributed by atoms with van der Waals surface area (Å²) in [5, 5.41) is 13.6. The fourth-order valence-electron chi connectivity index (χ4n) is 4.34. The number of phenolic OH excluding ortho intramolecular Hbond substituents is 1. The number of hydrogen-bond acceptors (Lipinski definition) is 6. The van der Waals surface area contributed by atoms with Gasteiger partial charge in [0.15, 0.2) is 17.3 Å². The molecular weight excluding hydrogens is 462 g/mol. The molecule has 1 atom stereocenters. The second kappa shape index (κ2) is 9.07. The number of dihydropyridines is 1. The van der Waals surface area contributed by atoms with Gasteiger partial charge >= 0.3 is 5.97 Å². The standard InChI is InChI=1S/C24H30BrNO5/c1-6-7-8-31-23(29)19-13(2)26-16-11-24(3,4)12-17(27)21(16)20(19)14-9-15(25)22(28)18(10-14)30-5/h9-10,20,26,28H,6-8,11-12H2,1-5H3. The summed E-state index contributed by atoms with van der Waals surface area (Å²) in [5.41, 5.74) is 3.05. The maximum absolute atomic E-state index is 13.3. The van der Waals surface area contributed by atoms with Gasteiger partial charge in [-0.1, -0.05) is 27.2 Å². The van der Waals surface area contributed by atoms with E-state index in [0.29, 0.717) is 46.3 Å². The van der Waals surface area contributed by atoms with Crippen molar-refractivity contribution in [1.29, 1.82) is 0 Å². The molecule has 6 nitrogen and oxygen atoms in total. The van der Waals surface area contributed by atoms with Gasteiger partial charge in [-0.3, -0.25) is 4.79 Å². The van der Waals surface area contributed by atoms with Crippen molar-refractivity contribution in [2.45, 2.75) is 59.3 Å². The molecule has 1 aromatic rings. The SMILES string of the molecule is CCCCOC(=O)C1=C(C)NC2=C(C(=O)CC(C)(C)C2)C1c1cc(Br)c(O)c(OC)c1. The van der Waals surface area contributed by atoms with Gasteiger partial charge in [0.25, 0.3) is 0 Å². The van der Waals surface area contributed by atoms with Gasteiger partial charge in [0.2, 0.25) is 0 Å². The number of rotatable bonds is 6. The highest BCUT2D eigenvalue weighted by atomic mass is 79.9. The number of halogens is 1. The van der Waals surface area contributed by atoms with E-state index in [4.69, 9.17) is 9.47 Å². The Morgan fingerprint density at radius 2 is 2.03 bits per heavy atom. The van der Waals surface area contributed by atoms with Crippen molar-refractivity contribution in [3.63, 3.8) is 0 Å². The highest BCUT2D eigenvalue weighted by Crippen LogP contribution is 2.48. The van der Waals surface area contributed by atoms with E-state index in [-0.39, 0.29) is 22.7 Å². The van der Waals surface area contributed by atoms with Crippen molar-refractivity contribution in [1.82, 2.24) is 5.32 Å². The second-order valence-electron chi connectivity index (χ2n) is 8.97. The minimum absolute atomic E-state index is 0.0123. The van der Waals surface area contributed by atoms with Crippen molar-refractivity contribution in [2.24, 2.45) is 5.41 Å². The number of carbonyl (C=O) groups excluding carboxylic acids is 2. The number of ketones is 1. The molecule has 2 N–H and O–H groups in total. The number of methoxy groups -OCH3 is 1. The van der Waals surface area contributed by atoms with Gasteiger partial charge in [0.1, 0.15) is 0 Å². The minimum Gasteiger partial charge on any atom is -0.503 e. The third kappa shape index (κ3) is 4.66. The van der Waals surface area contributed by atoms with Crippen molar-refractivity contribution in [3.8, 4) is 11.5 Å². The van der Waals surface area contributed by atoms with Gasteiger partial charge in [-0.2, -0.15) is 0 Å². The molecule has 1 aliphatic carbocycles. The molecule has 7 heteroatoms. The molecule has 1 heterocycles. The van der Waals surface area contributed by atoms with Gasteiger partial charge in [0, 0.05) is 29.3 Å². The van der Waals surface area contributed by atoms with Crippen LogP contribution < -0.4 is 10.1 Å². The summed E-state index contributed by atoms with van der Waals surface area (Å²) in [6, 6.07) is 3.42. The molecule has 1 unspecified atom stereocenters. The van der Waals surface area contributed by atoms with Crippen LogP contribution in [0, 0.1) is 5.41 Å². The summed E-state index contributed by atoms with van der Waals surface area (Å²) in [4.78, 5) is 26.4. The fraction of sp³-hybridized carbons (Fsp3) is 0.500. The first-order chi connectivity index (χ1) is 14.6. The average Bonchev–Trinajstić information content (AvgIpc) is 2.68. The van der Waals surface area contributed by atoms with Crippen LogP contribution in [-0.4, -0.2) is 30.6 Å². The molecule has 0 radical (unpaired) electrons. The molecule has 1 aromatic carbocycles. The molecule has 0 fully saturated rings. The predicted molar refractivity (Wildman–Crippen MR) is 122 cm³/mol. The number of benzene rings is 1. The zero-order valence-electron chi connectivity index (χ0n) is 18.7. The number of unbranched alkanes of at least 4 members (excludes halogenated alkanes) is 1. The monoisotopic (exact) mass is 491 g/mol. The number of carbonyl (C=O) groups is 2. The maximum Gasteiger partial charge on any atom is 0.336 e. The summed E-state index contributed by atoms with van der Waals surface area (Å²) in [6.07, 6.45) is 2.79. The van der Waals surface area contributed by atoms with E-state index in [1.165, 1.54) is 7.11 Å². The van der Waals surface area contributed by atoms with Crippen LogP contribution in [0.3, 0.4) is 0 Å². The number of hydrogen-bond donors (Lipinski definition) is 2. The van der Waals surface area contributed by atoms with Gasteiger partial charge in [0.05, 0.1) is 23.8 Å². The molecular formula is C24H30BrNO5. The maximum atomic E-state index is 13.3. The number of nitrogens with one attached hydrogen (secondary N) is 1. The van der Waals surface area contributed by atoms with E-state index in [1.807, 2.05) is 13.8 Å². The third-order valence-electron chi connectivity index (χ3n) is 5.79. The summed E-state index contributed by atoms with van der Waals surface area (Å²) in [7, 11) is 1.47. The van der Waals surface area contributed by atoms with Crippen LogP contribution >= 0.6 is 15.9 Å². The Labute approximate surface area is 191 Å². The number of allylic oxidation sites excluding steroid dienone is 3. The molecule has 0 saturated heterocycles. The normalized spacial score (nSPS) is 20.3. The number of esters is 1. The highest BCUT2D eigenvalue weighted by Gasteiger charge is 2.43. The van der Waals surface area contributed by atoms with Crippen LogP contribution in [-0.2, 0) is 14.3 Å². The molecule has 31 heavy (non-hydrogen) atoms. The topological polar surface area (TPSA) is 84.9 Å². The lowest BCUT2D eigenvalue weighted by atomic mass is 9.68. The van der Waals surface area contributed by atoms with Crippen LogP contribution in [0.2, 0.25) is 0 Å². The van der Waals surface area contributed by atoms with E-state index in [2.05, 4.69) is 35.1 Å². The van der Waals surface area contributed by atoms with Crippen molar-refractivity contribution >= 4 is 27.7 Å². The van der Waals surface area contributed by atoms with Gasteiger partial charge < -0.3 is 19.9 Å². The summed E-state index contributed by atoms with van der Waals surface area (Å²) < 4.78 is 11.3. The van der Waals surface area contributed by atoms with Crippen molar-refractivity contribution in [3.05, 3.63) is 44.7 Å². The van der Waals surface area contributed by atoms with Crippen molar-refractivity contribution in [2.75, 3.05) is 13.7 Å². The number of phenols is 1. The smallest absolute Gasteiger partial charge is 0.336 e. The average molecular weight is 492 g/mol. The lowest BCUT2D eigenvalue weighted by Crippen LogP contribution is -2.38. The summed E-state index contributed by atoms with van der Waals surface area (Å²) in [5.74, 6) is -0.780. The molecule has 168 valence electrons. The Balaban J connectivity index is 2.17. The van der Waals surface area contributed by atoms with E-state index in [9.17, 15) is 14.7 Å². The predicted octanol–water partition coefficient (Wildman–Crippen LogP) is 5.11. The quantitative estimate of drug-likeness (QED) is 0.424. The summed E-state index contributed by atoms with van der Waals surface area (Å²) >= 11 is 3.37. The zero-order valence-corrected chi connectivity index (χ0v) is 20.3. The number of ether oxygens (including phenoxy) is 2. The Morgan fingerprint density at radius 3 is 2.68 bits per heavy atom. The lowest BCUT2D eigenvalue weighted by Gasteiger charge is -2.39. The third-order valence-corrected chi connectivity index (χ3v) is 6.40. The number of aromatic hydroxyl groups is 1. The largest absolute Gasteiger partial charge is 0.503 e. The lowest BCUT2D eigenvalue weighted by molar-refractivity contribution is -0.139. The Kier molecular flexibility index (Phi) is 6.84. The van der Waals surface area contributed by atoms with Crippen molar-refractivity contribution < 1.29 is 24.2 Å². The Morgan fingerprint density at radius 1 is 1.32 bits per heavy atom. The second-order valence-corrected chi connectivity index (χ2v) is 9.83. The zero-order chi connectivity index (χ0) is 22.9. The first-order valence-corrected chi connectivity index (χ1v) is 11.4. The van der Waals surface area contributed by atoms with Gasteiger partial charge in [-0.05, 0) is 58.8 Å². The van der Waals surface area contributed by atoms with Crippen LogP contribution in [0.25, 0.3) is 0 Å². The van der Waals surface area contributed by atoms with Gasteiger partial charge in [-0.25, -0.2) is 4.79 Å². The molecule has 0 aromatic heterocycles. The molecule has 0 saturated carbocycles. The van der Waals surface area contributed by atoms with Crippen LogP contribution in [0.15, 0.2) is 39.1 Å². The Hall–Kier alpha value is -2.28. The van der Waals surface area contributed by atoms with Gasteiger partial charge in [-0.15, -0.1) is 0 Å². The van der Waals surface area contributed by atoms with Crippen LogP contribution in [0.5, 0.6) is 11.5 Å². The van der Waals surface area contributed by atoms with Crippen LogP contribution in [0.4, 0.5) is 0 Å². The van der Waals surface area contributed by atoms with E-state index >= 15 is 0 Å². The number of Topliss-reactive ketones (excluding diaryl/α,β-unsaturated/α-hetero) is 1. The van der Waals surface area contributed by atoms with E-state index < -0.39 is 11.9 Å². The van der Waals surface area contributed by atoms with E-state index in [0.717, 1.165) is 18.5 Å².